The van der Waals surface area contributed by atoms with Gasteiger partial charge in [-0.15, -0.1) is 11.3 Å². The van der Waals surface area contributed by atoms with Gasteiger partial charge in [0.15, 0.2) is 17.5 Å². The molecule has 56 heavy (non-hydrogen) atoms. The van der Waals surface area contributed by atoms with Crippen molar-refractivity contribution in [1.29, 1.82) is 0 Å². The highest BCUT2D eigenvalue weighted by Crippen LogP contribution is 2.44. The van der Waals surface area contributed by atoms with Gasteiger partial charge in [0, 0.05) is 47.6 Å². The highest BCUT2D eigenvalue weighted by molar-refractivity contribution is 7.26. The van der Waals surface area contributed by atoms with Crippen LogP contribution in [0.15, 0.2) is 192 Å². The van der Waals surface area contributed by atoms with Crippen LogP contribution in [0.2, 0.25) is 0 Å². The van der Waals surface area contributed by atoms with Crippen LogP contribution >= 0.6 is 11.3 Å². The largest absolute Gasteiger partial charge is 0.455 e. The Morgan fingerprint density at radius 2 is 0.875 bits per heavy atom. The van der Waals surface area contributed by atoms with Crippen LogP contribution in [-0.2, 0) is 0 Å². The normalized spacial score (nSPS) is 11.6. The van der Waals surface area contributed by atoms with Crippen molar-refractivity contribution in [1.82, 2.24) is 15.0 Å². The molecule has 0 unspecified atom stereocenters. The Morgan fingerprint density at radius 1 is 0.339 bits per heavy atom. The molecular weight excluding hydrogens is 703 g/mol. The summed E-state index contributed by atoms with van der Waals surface area (Å²) < 4.78 is 9.28. The lowest BCUT2D eigenvalue weighted by molar-refractivity contribution is 0.669. The van der Waals surface area contributed by atoms with Gasteiger partial charge in [-0.05, 0) is 64.2 Å². The van der Waals surface area contributed by atoms with E-state index in [9.17, 15) is 0 Å². The average molecular weight is 734 g/mol. The van der Waals surface area contributed by atoms with E-state index in [4.69, 9.17) is 19.4 Å². The smallest absolute Gasteiger partial charge is 0.167 e. The monoisotopic (exact) mass is 733 g/mol. The van der Waals surface area contributed by atoms with Crippen LogP contribution in [-0.4, -0.2) is 15.0 Å². The summed E-state index contributed by atoms with van der Waals surface area (Å²) in [5, 5.41) is 4.62. The molecule has 0 aliphatic rings. The van der Waals surface area contributed by atoms with Crippen molar-refractivity contribution in [3.63, 3.8) is 0 Å². The first-order chi connectivity index (χ1) is 27.7. The SMILES string of the molecule is c1ccc(-c2ccc(-c3nc(-c4ccccc4)nc(-c4cccc5c4oc4ccc(-c6cc(-c7ccccc7)cc7c6sc6ccccc67)cc45)n3)cc2)cc1. The van der Waals surface area contributed by atoms with E-state index >= 15 is 0 Å². The van der Waals surface area contributed by atoms with Crippen molar-refractivity contribution in [3.8, 4) is 67.5 Å². The molecule has 0 N–H and O–H groups in total. The fraction of sp³-hybridized carbons (Fsp3) is 0. The van der Waals surface area contributed by atoms with Gasteiger partial charge >= 0.3 is 0 Å². The first kappa shape index (κ1) is 32.2. The van der Waals surface area contributed by atoms with Crippen molar-refractivity contribution in [2.45, 2.75) is 0 Å². The highest BCUT2D eigenvalue weighted by Gasteiger charge is 2.20. The van der Waals surface area contributed by atoms with Crippen LogP contribution in [0, 0.1) is 0 Å². The van der Waals surface area contributed by atoms with Crippen molar-refractivity contribution < 1.29 is 4.42 Å². The Labute approximate surface area is 327 Å². The molecule has 5 heteroatoms. The minimum absolute atomic E-state index is 0.563. The van der Waals surface area contributed by atoms with Gasteiger partial charge in [-0.1, -0.05) is 152 Å². The second kappa shape index (κ2) is 13.3. The van der Waals surface area contributed by atoms with E-state index < -0.39 is 0 Å². The first-order valence-electron chi connectivity index (χ1n) is 18.7. The average Bonchev–Trinajstić information content (AvgIpc) is 3.85. The molecule has 0 radical (unpaired) electrons. The van der Waals surface area contributed by atoms with Crippen LogP contribution in [0.3, 0.4) is 0 Å². The van der Waals surface area contributed by atoms with Gasteiger partial charge in [-0.25, -0.2) is 15.0 Å². The van der Waals surface area contributed by atoms with Gasteiger partial charge in [0.25, 0.3) is 0 Å². The molecule has 8 aromatic carbocycles. The Balaban J connectivity index is 1.07. The maximum atomic E-state index is 6.72. The molecule has 0 bridgehead atoms. The maximum absolute atomic E-state index is 6.72. The van der Waals surface area contributed by atoms with Crippen molar-refractivity contribution in [2.24, 2.45) is 0 Å². The molecule has 0 amide bonds. The topological polar surface area (TPSA) is 51.8 Å². The molecule has 0 atom stereocenters. The minimum Gasteiger partial charge on any atom is -0.455 e. The van der Waals surface area contributed by atoms with E-state index in [2.05, 4.69) is 146 Å². The molecule has 0 fully saturated rings. The summed E-state index contributed by atoms with van der Waals surface area (Å²) in [6.45, 7) is 0. The van der Waals surface area contributed by atoms with Crippen LogP contribution in [0.25, 0.3) is 110 Å². The van der Waals surface area contributed by atoms with Gasteiger partial charge < -0.3 is 4.42 Å². The lowest BCUT2D eigenvalue weighted by Gasteiger charge is -2.09. The molecule has 0 saturated heterocycles. The summed E-state index contributed by atoms with van der Waals surface area (Å²) in [6.07, 6.45) is 0. The van der Waals surface area contributed by atoms with Crippen molar-refractivity contribution >= 4 is 53.4 Å². The molecule has 11 rings (SSSR count). The minimum atomic E-state index is 0.563. The van der Waals surface area contributed by atoms with E-state index in [1.165, 1.54) is 36.9 Å². The predicted octanol–water partition coefficient (Wildman–Crippen LogP) is 14.1. The number of para-hydroxylation sites is 1. The number of thiophene rings is 1. The molecule has 11 aromatic rings. The van der Waals surface area contributed by atoms with Gasteiger partial charge in [-0.2, -0.15) is 0 Å². The second-order valence-corrected chi connectivity index (χ2v) is 15.0. The highest BCUT2D eigenvalue weighted by atomic mass is 32.1. The van der Waals surface area contributed by atoms with Gasteiger partial charge in [0.1, 0.15) is 11.2 Å². The van der Waals surface area contributed by atoms with Crippen LogP contribution in [0.5, 0.6) is 0 Å². The zero-order valence-electron chi connectivity index (χ0n) is 30.1. The number of rotatable bonds is 6. The Kier molecular flexibility index (Phi) is 7.64. The number of furan rings is 1. The van der Waals surface area contributed by atoms with E-state index in [0.29, 0.717) is 17.5 Å². The standard InChI is InChI=1S/C51H31N3OS/c1-4-13-32(14-5-1)34-23-25-36(26-24-34)50-52-49(35-17-8-3-9-18-35)53-51(54-50)41-21-12-20-40-43-29-37(27-28-45(43)55-47(40)41)42-30-38(33-15-6-2-7-16-33)31-44-39-19-10-11-22-46(39)56-48(42)44/h1-31H. The fourth-order valence-electron chi connectivity index (χ4n) is 7.76. The number of nitrogens with zero attached hydrogens (tertiary/aromatic N) is 3. The third-order valence-electron chi connectivity index (χ3n) is 10.6. The van der Waals surface area contributed by atoms with Gasteiger partial charge in [0.2, 0.25) is 0 Å². The van der Waals surface area contributed by atoms with E-state index in [1.807, 2.05) is 53.8 Å². The van der Waals surface area contributed by atoms with E-state index in [1.54, 1.807) is 0 Å². The van der Waals surface area contributed by atoms with Gasteiger partial charge in [-0.3, -0.25) is 0 Å². The molecular formula is C51H31N3OS. The van der Waals surface area contributed by atoms with Crippen LogP contribution < -0.4 is 0 Å². The van der Waals surface area contributed by atoms with E-state index in [0.717, 1.165) is 55.3 Å². The summed E-state index contributed by atoms with van der Waals surface area (Å²) in [6, 6.07) is 65.7. The molecule has 0 aliphatic carbocycles. The van der Waals surface area contributed by atoms with Crippen LogP contribution in [0.1, 0.15) is 0 Å². The molecule has 4 nitrogen and oxygen atoms in total. The molecule has 0 spiro atoms. The number of fused-ring (bicyclic) bond motifs is 6. The molecule has 3 aromatic heterocycles. The Morgan fingerprint density at radius 3 is 1.61 bits per heavy atom. The molecule has 3 heterocycles. The second-order valence-electron chi connectivity index (χ2n) is 14.0. The zero-order valence-corrected chi connectivity index (χ0v) is 30.9. The maximum Gasteiger partial charge on any atom is 0.167 e. The summed E-state index contributed by atoms with van der Waals surface area (Å²) in [4.78, 5) is 15.1. The third-order valence-corrected chi connectivity index (χ3v) is 11.8. The van der Waals surface area contributed by atoms with Crippen molar-refractivity contribution in [2.75, 3.05) is 0 Å². The lowest BCUT2D eigenvalue weighted by atomic mass is 9.95. The fourth-order valence-corrected chi connectivity index (χ4v) is 8.98. The number of aromatic nitrogens is 3. The number of benzene rings is 8. The zero-order chi connectivity index (χ0) is 37.0. The third kappa shape index (κ3) is 5.56. The van der Waals surface area contributed by atoms with Crippen molar-refractivity contribution in [3.05, 3.63) is 188 Å². The quantitative estimate of drug-likeness (QED) is 0.171. The van der Waals surface area contributed by atoms with E-state index in [-0.39, 0.29) is 0 Å². The number of hydrogen-bond acceptors (Lipinski definition) is 5. The molecule has 262 valence electrons. The molecule has 0 saturated carbocycles. The van der Waals surface area contributed by atoms with Crippen LogP contribution in [0.4, 0.5) is 0 Å². The lowest BCUT2D eigenvalue weighted by Crippen LogP contribution is -2.00. The predicted molar refractivity (Wildman–Crippen MR) is 233 cm³/mol. The Bertz CT molecular complexity index is 3230. The summed E-state index contributed by atoms with van der Waals surface area (Å²) in [7, 11) is 0. The first-order valence-corrected chi connectivity index (χ1v) is 19.5. The summed E-state index contributed by atoms with van der Waals surface area (Å²) in [5.74, 6) is 1.78. The summed E-state index contributed by atoms with van der Waals surface area (Å²) >= 11 is 1.85. The number of hydrogen-bond donors (Lipinski definition) is 0. The van der Waals surface area contributed by atoms with Gasteiger partial charge in [0.05, 0.1) is 5.56 Å². The summed E-state index contributed by atoms with van der Waals surface area (Å²) in [5.41, 5.74) is 11.3. The molecule has 0 aliphatic heterocycles. The Hall–Kier alpha value is -7.21.